The Morgan fingerprint density at radius 3 is 2.32 bits per heavy atom. The van der Waals surface area contributed by atoms with Crippen molar-refractivity contribution in [2.24, 2.45) is 0 Å². The number of aryl methyl sites for hydroxylation is 2. The van der Waals surface area contributed by atoms with Crippen LogP contribution in [0.15, 0.2) is 18.2 Å². The molecule has 1 aliphatic heterocycles. The van der Waals surface area contributed by atoms with Gasteiger partial charge in [-0.25, -0.2) is 0 Å². The Morgan fingerprint density at radius 2 is 1.68 bits per heavy atom. The SMILES string of the molecule is Cc1ccc(NC2OC(C)C(O)C(O)C2O)cc1C. The number of rotatable bonds is 2. The first-order valence-electron chi connectivity index (χ1n) is 6.43. The Morgan fingerprint density at radius 1 is 1.00 bits per heavy atom. The van der Waals surface area contributed by atoms with Gasteiger partial charge in [0.05, 0.1) is 6.10 Å². The first kappa shape index (κ1) is 14.3. The van der Waals surface area contributed by atoms with Crippen molar-refractivity contribution in [3.63, 3.8) is 0 Å². The highest BCUT2D eigenvalue weighted by molar-refractivity contribution is 5.48. The van der Waals surface area contributed by atoms with Gasteiger partial charge in [-0.15, -0.1) is 0 Å². The van der Waals surface area contributed by atoms with Crippen LogP contribution in [-0.4, -0.2) is 46.0 Å². The number of nitrogens with one attached hydrogen (secondary N) is 1. The summed E-state index contributed by atoms with van der Waals surface area (Å²) in [6.45, 7) is 5.68. The standard InChI is InChI=1S/C14H21NO4/c1-7-4-5-10(6-8(7)2)15-14-13(18)12(17)11(16)9(3)19-14/h4-6,9,11-18H,1-3H3. The maximum atomic E-state index is 9.91. The second kappa shape index (κ2) is 5.46. The van der Waals surface area contributed by atoms with E-state index in [1.165, 1.54) is 5.56 Å². The molecule has 1 aromatic carbocycles. The lowest BCUT2D eigenvalue weighted by molar-refractivity contribution is -0.209. The Bertz CT molecular complexity index is 451. The molecule has 5 heteroatoms. The zero-order valence-electron chi connectivity index (χ0n) is 11.4. The smallest absolute Gasteiger partial charge is 0.157 e. The molecule has 19 heavy (non-hydrogen) atoms. The third-order valence-corrected chi connectivity index (χ3v) is 3.67. The minimum Gasteiger partial charge on any atom is -0.388 e. The van der Waals surface area contributed by atoms with E-state index in [1.54, 1.807) is 6.92 Å². The zero-order valence-corrected chi connectivity index (χ0v) is 11.4. The molecule has 1 saturated heterocycles. The summed E-state index contributed by atoms with van der Waals surface area (Å²) in [6, 6.07) is 5.82. The third-order valence-electron chi connectivity index (χ3n) is 3.67. The molecule has 1 fully saturated rings. The Labute approximate surface area is 112 Å². The van der Waals surface area contributed by atoms with Crippen molar-refractivity contribution < 1.29 is 20.1 Å². The molecule has 5 unspecified atom stereocenters. The number of aliphatic hydroxyl groups is 3. The van der Waals surface area contributed by atoms with Gasteiger partial charge < -0.3 is 25.4 Å². The van der Waals surface area contributed by atoms with Gasteiger partial charge in [0.25, 0.3) is 0 Å². The molecule has 1 aliphatic rings. The molecule has 0 bridgehead atoms. The Kier molecular flexibility index (Phi) is 4.10. The zero-order chi connectivity index (χ0) is 14.2. The van der Waals surface area contributed by atoms with Crippen LogP contribution in [0.5, 0.6) is 0 Å². The molecule has 0 aromatic heterocycles. The minimum atomic E-state index is -1.22. The van der Waals surface area contributed by atoms with Gasteiger partial charge in [-0.05, 0) is 44.0 Å². The maximum absolute atomic E-state index is 9.91. The molecule has 0 saturated carbocycles. The van der Waals surface area contributed by atoms with Crippen LogP contribution in [0.3, 0.4) is 0 Å². The second-order valence-electron chi connectivity index (χ2n) is 5.18. The number of benzene rings is 1. The van der Waals surface area contributed by atoms with Crippen LogP contribution in [0.2, 0.25) is 0 Å². The quantitative estimate of drug-likeness (QED) is 0.629. The van der Waals surface area contributed by atoms with Crippen LogP contribution < -0.4 is 5.32 Å². The first-order valence-corrected chi connectivity index (χ1v) is 6.43. The van der Waals surface area contributed by atoms with Crippen LogP contribution in [0.1, 0.15) is 18.1 Å². The lowest BCUT2D eigenvalue weighted by atomic mass is 9.99. The highest BCUT2D eigenvalue weighted by atomic mass is 16.5. The molecule has 4 N–H and O–H groups in total. The van der Waals surface area contributed by atoms with Gasteiger partial charge in [-0.2, -0.15) is 0 Å². The number of aliphatic hydroxyl groups excluding tert-OH is 3. The normalized spacial score (nSPS) is 35.2. The Balaban J connectivity index is 2.11. The number of anilines is 1. The van der Waals surface area contributed by atoms with Crippen molar-refractivity contribution in [3.05, 3.63) is 29.3 Å². The second-order valence-corrected chi connectivity index (χ2v) is 5.18. The van der Waals surface area contributed by atoms with Gasteiger partial charge in [0.2, 0.25) is 0 Å². The molecular formula is C14H21NO4. The minimum absolute atomic E-state index is 0.539. The van der Waals surface area contributed by atoms with E-state index < -0.39 is 30.6 Å². The molecule has 2 rings (SSSR count). The predicted molar refractivity (Wildman–Crippen MR) is 71.9 cm³/mol. The van der Waals surface area contributed by atoms with Crippen molar-refractivity contribution >= 4 is 5.69 Å². The summed E-state index contributed by atoms with van der Waals surface area (Å²) in [7, 11) is 0. The van der Waals surface area contributed by atoms with Crippen molar-refractivity contribution in [1.29, 1.82) is 0 Å². The summed E-state index contributed by atoms with van der Waals surface area (Å²) in [5.41, 5.74) is 3.12. The van der Waals surface area contributed by atoms with E-state index in [-0.39, 0.29) is 0 Å². The monoisotopic (exact) mass is 267 g/mol. The molecule has 1 aromatic rings. The van der Waals surface area contributed by atoms with Gasteiger partial charge in [-0.3, -0.25) is 0 Å². The van der Waals surface area contributed by atoms with E-state index in [0.29, 0.717) is 0 Å². The summed E-state index contributed by atoms with van der Waals surface area (Å²) in [5.74, 6) is 0. The molecule has 5 atom stereocenters. The third kappa shape index (κ3) is 2.90. The fraction of sp³-hybridized carbons (Fsp3) is 0.571. The fourth-order valence-electron chi connectivity index (χ4n) is 2.17. The van der Waals surface area contributed by atoms with Crippen LogP contribution in [0.4, 0.5) is 5.69 Å². The molecule has 106 valence electrons. The van der Waals surface area contributed by atoms with E-state index in [4.69, 9.17) is 4.74 Å². The highest BCUT2D eigenvalue weighted by Gasteiger charge is 2.41. The van der Waals surface area contributed by atoms with E-state index >= 15 is 0 Å². The molecular weight excluding hydrogens is 246 g/mol. The Hall–Kier alpha value is -1.14. The van der Waals surface area contributed by atoms with Crippen molar-refractivity contribution in [3.8, 4) is 0 Å². The van der Waals surface area contributed by atoms with Gasteiger partial charge in [0, 0.05) is 5.69 Å². The van der Waals surface area contributed by atoms with E-state index in [9.17, 15) is 15.3 Å². The largest absolute Gasteiger partial charge is 0.388 e. The molecule has 0 spiro atoms. The lowest BCUT2D eigenvalue weighted by Gasteiger charge is -2.39. The average Bonchev–Trinajstić information content (AvgIpc) is 2.38. The summed E-state index contributed by atoms with van der Waals surface area (Å²) in [6.07, 6.45) is -4.74. The van der Waals surface area contributed by atoms with E-state index in [0.717, 1.165) is 11.3 Å². The van der Waals surface area contributed by atoms with Crippen LogP contribution in [0, 0.1) is 13.8 Å². The molecule has 1 heterocycles. The number of hydrogen-bond donors (Lipinski definition) is 4. The van der Waals surface area contributed by atoms with Gasteiger partial charge in [0.1, 0.15) is 18.3 Å². The molecule has 5 nitrogen and oxygen atoms in total. The van der Waals surface area contributed by atoms with E-state index in [2.05, 4.69) is 5.32 Å². The van der Waals surface area contributed by atoms with Gasteiger partial charge in [0.15, 0.2) is 6.23 Å². The van der Waals surface area contributed by atoms with Crippen LogP contribution >= 0.6 is 0 Å². The van der Waals surface area contributed by atoms with Crippen LogP contribution in [0.25, 0.3) is 0 Å². The van der Waals surface area contributed by atoms with Crippen molar-refractivity contribution in [2.75, 3.05) is 5.32 Å². The first-order chi connectivity index (χ1) is 8.90. The van der Waals surface area contributed by atoms with Gasteiger partial charge in [-0.1, -0.05) is 6.07 Å². The molecule has 0 aliphatic carbocycles. The topological polar surface area (TPSA) is 82.0 Å². The predicted octanol–water partition coefficient (Wildman–Crippen LogP) is 0.543. The van der Waals surface area contributed by atoms with Crippen molar-refractivity contribution in [1.82, 2.24) is 0 Å². The maximum Gasteiger partial charge on any atom is 0.157 e. The number of hydrogen-bond acceptors (Lipinski definition) is 5. The average molecular weight is 267 g/mol. The summed E-state index contributed by atoms with van der Waals surface area (Å²) < 4.78 is 5.48. The molecule has 0 amide bonds. The van der Waals surface area contributed by atoms with Crippen molar-refractivity contribution in [2.45, 2.75) is 51.4 Å². The van der Waals surface area contributed by atoms with Crippen LogP contribution in [-0.2, 0) is 4.74 Å². The number of ether oxygens (including phenoxy) is 1. The van der Waals surface area contributed by atoms with Gasteiger partial charge >= 0.3 is 0 Å². The fourth-order valence-corrected chi connectivity index (χ4v) is 2.17. The molecule has 0 radical (unpaired) electrons. The highest BCUT2D eigenvalue weighted by Crippen LogP contribution is 2.23. The lowest BCUT2D eigenvalue weighted by Crippen LogP contribution is -2.58. The summed E-state index contributed by atoms with van der Waals surface area (Å²) in [5, 5.41) is 32.3. The van der Waals surface area contributed by atoms with E-state index in [1.807, 2.05) is 32.0 Å². The summed E-state index contributed by atoms with van der Waals surface area (Å²) in [4.78, 5) is 0. The summed E-state index contributed by atoms with van der Waals surface area (Å²) >= 11 is 0.